The summed E-state index contributed by atoms with van der Waals surface area (Å²) in [5.74, 6) is 0.872. The molecule has 0 fully saturated rings. The van der Waals surface area contributed by atoms with Crippen LogP contribution in [0.15, 0.2) is 34.9 Å². The minimum Gasteiger partial charge on any atom is -0.361 e. The van der Waals surface area contributed by atoms with E-state index >= 15 is 0 Å². The number of aromatic nitrogens is 1. The van der Waals surface area contributed by atoms with Crippen molar-refractivity contribution in [3.63, 3.8) is 0 Å². The predicted octanol–water partition coefficient (Wildman–Crippen LogP) is 3.31. The fraction of sp³-hybridized carbons (Fsp3) is 0.400. The summed E-state index contributed by atoms with van der Waals surface area (Å²) in [4.78, 5) is 2.36. The fourth-order valence-corrected chi connectivity index (χ4v) is 2.03. The second kappa shape index (κ2) is 5.83. The van der Waals surface area contributed by atoms with E-state index < -0.39 is 0 Å². The first kappa shape index (κ1) is 12.8. The number of benzene rings is 1. The first-order valence-corrected chi connectivity index (χ1v) is 6.38. The van der Waals surface area contributed by atoms with Crippen LogP contribution in [0.25, 0.3) is 0 Å². The molecule has 0 aliphatic heterocycles. The van der Waals surface area contributed by atoms with Gasteiger partial charge in [-0.3, -0.25) is 4.90 Å². The van der Waals surface area contributed by atoms with Gasteiger partial charge in [-0.1, -0.05) is 36.3 Å². The molecule has 3 heteroatoms. The van der Waals surface area contributed by atoms with Crippen molar-refractivity contribution in [1.29, 1.82) is 0 Å². The number of nitrogens with zero attached hydrogens (tertiary/aromatic N) is 2. The molecule has 0 radical (unpaired) electrons. The molecule has 0 bridgehead atoms. The van der Waals surface area contributed by atoms with Gasteiger partial charge in [-0.05, 0) is 31.5 Å². The van der Waals surface area contributed by atoms with Crippen LogP contribution in [0.1, 0.15) is 29.5 Å². The van der Waals surface area contributed by atoms with Gasteiger partial charge in [0.15, 0.2) is 0 Å². The van der Waals surface area contributed by atoms with Crippen molar-refractivity contribution in [3.8, 4) is 0 Å². The molecule has 2 aromatic rings. The quantitative estimate of drug-likeness (QED) is 0.808. The zero-order valence-corrected chi connectivity index (χ0v) is 11.3. The van der Waals surface area contributed by atoms with E-state index in [1.807, 2.05) is 13.0 Å². The minimum atomic E-state index is 0.835. The smallest absolute Gasteiger partial charge is 0.133 e. The molecule has 1 aromatic heterocycles. The van der Waals surface area contributed by atoms with Crippen LogP contribution in [-0.4, -0.2) is 16.6 Å². The molecule has 3 nitrogen and oxygen atoms in total. The molecular weight excluding hydrogens is 224 g/mol. The van der Waals surface area contributed by atoms with Gasteiger partial charge >= 0.3 is 0 Å². The molecule has 0 spiro atoms. The van der Waals surface area contributed by atoms with Gasteiger partial charge < -0.3 is 4.52 Å². The third-order valence-electron chi connectivity index (χ3n) is 3.16. The molecule has 0 atom stereocenters. The first-order chi connectivity index (χ1) is 8.69. The summed E-state index contributed by atoms with van der Waals surface area (Å²) in [6, 6.07) is 10.5. The van der Waals surface area contributed by atoms with E-state index in [9.17, 15) is 0 Å². The molecule has 2 rings (SSSR count). The van der Waals surface area contributed by atoms with Gasteiger partial charge in [-0.15, -0.1) is 0 Å². The Hall–Kier alpha value is -1.61. The molecule has 0 aliphatic rings. The van der Waals surface area contributed by atoms with Crippen molar-refractivity contribution in [3.05, 3.63) is 52.9 Å². The molecule has 1 aromatic carbocycles. The SMILES string of the molecule is CCN(Cc1cc(C)on1)Cc1ccccc1C. The average molecular weight is 244 g/mol. The highest BCUT2D eigenvalue weighted by atomic mass is 16.5. The van der Waals surface area contributed by atoms with Gasteiger partial charge in [-0.25, -0.2) is 0 Å². The van der Waals surface area contributed by atoms with E-state index in [4.69, 9.17) is 4.52 Å². The molecule has 0 saturated carbocycles. The Bertz CT molecular complexity index is 505. The maximum Gasteiger partial charge on any atom is 0.133 e. The van der Waals surface area contributed by atoms with Gasteiger partial charge in [-0.2, -0.15) is 0 Å². The Balaban J connectivity index is 2.04. The lowest BCUT2D eigenvalue weighted by atomic mass is 10.1. The van der Waals surface area contributed by atoms with Gasteiger partial charge in [0.05, 0.1) is 5.69 Å². The summed E-state index contributed by atoms with van der Waals surface area (Å²) < 4.78 is 5.11. The highest BCUT2D eigenvalue weighted by Crippen LogP contribution is 2.13. The molecule has 0 saturated heterocycles. The van der Waals surface area contributed by atoms with E-state index in [2.05, 4.69) is 48.2 Å². The Morgan fingerprint density at radius 3 is 2.56 bits per heavy atom. The third-order valence-corrected chi connectivity index (χ3v) is 3.16. The summed E-state index contributed by atoms with van der Waals surface area (Å²) >= 11 is 0. The Labute approximate surface area is 108 Å². The lowest BCUT2D eigenvalue weighted by Gasteiger charge is -2.20. The van der Waals surface area contributed by atoms with E-state index in [0.717, 1.165) is 31.1 Å². The summed E-state index contributed by atoms with van der Waals surface area (Å²) in [5, 5.41) is 4.05. The molecule has 96 valence electrons. The van der Waals surface area contributed by atoms with E-state index in [-0.39, 0.29) is 0 Å². The Morgan fingerprint density at radius 2 is 1.94 bits per heavy atom. The normalized spacial score (nSPS) is 11.1. The van der Waals surface area contributed by atoms with Gasteiger partial charge in [0.1, 0.15) is 5.76 Å². The van der Waals surface area contributed by atoms with E-state index in [1.165, 1.54) is 11.1 Å². The van der Waals surface area contributed by atoms with E-state index in [0.29, 0.717) is 0 Å². The molecule has 0 amide bonds. The molecule has 1 heterocycles. The van der Waals surface area contributed by atoms with Crippen molar-refractivity contribution in [2.75, 3.05) is 6.54 Å². The predicted molar refractivity (Wildman–Crippen MR) is 72.2 cm³/mol. The highest BCUT2D eigenvalue weighted by molar-refractivity contribution is 5.25. The minimum absolute atomic E-state index is 0.835. The summed E-state index contributed by atoms with van der Waals surface area (Å²) in [6.07, 6.45) is 0. The van der Waals surface area contributed by atoms with Gasteiger partial charge in [0.25, 0.3) is 0 Å². The molecule has 0 unspecified atom stereocenters. The third kappa shape index (κ3) is 3.20. The molecule has 0 N–H and O–H groups in total. The van der Waals surface area contributed by atoms with Crippen molar-refractivity contribution < 1.29 is 4.52 Å². The van der Waals surface area contributed by atoms with Crippen LogP contribution >= 0.6 is 0 Å². The summed E-state index contributed by atoms with van der Waals surface area (Å²) in [6.45, 7) is 9.04. The summed E-state index contributed by atoms with van der Waals surface area (Å²) in [5.41, 5.74) is 3.72. The van der Waals surface area contributed by atoms with Crippen LogP contribution in [0.2, 0.25) is 0 Å². The van der Waals surface area contributed by atoms with Crippen LogP contribution in [-0.2, 0) is 13.1 Å². The van der Waals surface area contributed by atoms with Crippen molar-refractivity contribution >= 4 is 0 Å². The van der Waals surface area contributed by atoms with E-state index in [1.54, 1.807) is 0 Å². The Kier molecular flexibility index (Phi) is 4.15. The first-order valence-electron chi connectivity index (χ1n) is 6.38. The van der Waals surface area contributed by atoms with Crippen molar-refractivity contribution in [1.82, 2.24) is 10.1 Å². The van der Waals surface area contributed by atoms with Crippen LogP contribution in [0, 0.1) is 13.8 Å². The van der Waals surface area contributed by atoms with Crippen LogP contribution in [0.3, 0.4) is 0 Å². The van der Waals surface area contributed by atoms with Gasteiger partial charge in [0.2, 0.25) is 0 Å². The van der Waals surface area contributed by atoms with Crippen LogP contribution in [0.4, 0.5) is 0 Å². The van der Waals surface area contributed by atoms with Crippen molar-refractivity contribution in [2.45, 2.75) is 33.9 Å². The topological polar surface area (TPSA) is 29.3 Å². The number of hydrogen-bond acceptors (Lipinski definition) is 3. The number of hydrogen-bond donors (Lipinski definition) is 0. The van der Waals surface area contributed by atoms with Crippen LogP contribution in [0.5, 0.6) is 0 Å². The second-order valence-electron chi connectivity index (χ2n) is 4.66. The summed E-state index contributed by atoms with van der Waals surface area (Å²) in [7, 11) is 0. The van der Waals surface area contributed by atoms with Crippen LogP contribution < -0.4 is 0 Å². The lowest BCUT2D eigenvalue weighted by molar-refractivity contribution is 0.260. The standard InChI is InChI=1S/C15H20N2O/c1-4-17(11-15-9-13(3)18-16-15)10-14-8-6-5-7-12(14)2/h5-9H,4,10-11H2,1-3H3. The number of rotatable bonds is 5. The average Bonchev–Trinajstić information content (AvgIpc) is 2.76. The lowest BCUT2D eigenvalue weighted by Crippen LogP contribution is -2.22. The maximum absolute atomic E-state index is 5.11. The monoisotopic (exact) mass is 244 g/mol. The molecule has 18 heavy (non-hydrogen) atoms. The zero-order valence-electron chi connectivity index (χ0n) is 11.3. The second-order valence-corrected chi connectivity index (χ2v) is 4.66. The molecular formula is C15H20N2O. The van der Waals surface area contributed by atoms with Gasteiger partial charge in [0, 0.05) is 19.2 Å². The maximum atomic E-state index is 5.11. The Morgan fingerprint density at radius 1 is 1.17 bits per heavy atom. The number of aryl methyl sites for hydroxylation is 2. The molecule has 0 aliphatic carbocycles. The van der Waals surface area contributed by atoms with Crippen molar-refractivity contribution in [2.24, 2.45) is 0 Å². The fourth-order valence-electron chi connectivity index (χ4n) is 2.03. The largest absolute Gasteiger partial charge is 0.361 e. The highest BCUT2D eigenvalue weighted by Gasteiger charge is 2.09. The zero-order chi connectivity index (χ0) is 13.0.